The summed E-state index contributed by atoms with van der Waals surface area (Å²) in [6, 6.07) is 7.24. The molecular formula is C17H17F4NO2. The molecule has 0 saturated heterocycles. The van der Waals surface area contributed by atoms with E-state index >= 15 is 0 Å². The van der Waals surface area contributed by atoms with Gasteiger partial charge in [-0.2, -0.15) is 9.65 Å². The smallest absolute Gasteiger partial charge is 0.406 e. The second kappa shape index (κ2) is 7.22. The van der Waals surface area contributed by atoms with E-state index in [1.54, 1.807) is 12.1 Å². The molecule has 1 saturated carbocycles. The number of methoxy groups -OCH3 is 1. The van der Waals surface area contributed by atoms with Crippen molar-refractivity contribution >= 4 is 0 Å². The van der Waals surface area contributed by atoms with Gasteiger partial charge in [0.15, 0.2) is 5.83 Å². The minimum Gasteiger partial charge on any atom is -0.406 e. The third-order valence-corrected chi connectivity index (χ3v) is 4.32. The molecule has 0 heterocycles. The monoisotopic (exact) mass is 343 g/mol. The number of rotatable bonds is 4. The summed E-state index contributed by atoms with van der Waals surface area (Å²) in [5, 5.41) is 8.57. The molecule has 0 atom stereocenters. The largest absolute Gasteiger partial charge is 0.573 e. The Morgan fingerprint density at radius 3 is 2.29 bits per heavy atom. The topological polar surface area (TPSA) is 42.2 Å². The van der Waals surface area contributed by atoms with Gasteiger partial charge in [0.2, 0.25) is 0 Å². The van der Waals surface area contributed by atoms with Crippen molar-refractivity contribution in [1.82, 2.24) is 0 Å². The van der Waals surface area contributed by atoms with Gasteiger partial charge in [-0.3, -0.25) is 0 Å². The molecule has 1 aromatic carbocycles. The Balaban J connectivity index is 2.03. The highest BCUT2D eigenvalue weighted by Gasteiger charge is 2.35. The maximum atomic E-state index is 13.3. The molecule has 0 radical (unpaired) electrons. The van der Waals surface area contributed by atoms with Crippen LogP contribution in [-0.2, 0) is 4.74 Å². The highest BCUT2D eigenvalue weighted by atomic mass is 19.4. The van der Waals surface area contributed by atoms with Crippen LogP contribution < -0.4 is 4.74 Å². The summed E-state index contributed by atoms with van der Waals surface area (Å²) < 4.78 is 59.0. The highest BCUT2D eigenvalue weighted by molar-refractivity contribution is 5.30. The van der Waals surface area contributed by atoms with Crippen molar-refractivity contribution in [3.05, 3.63) is 41.7 Å². The van der Waals surface area contributed by atoms with Crippen LogP contribution in [0.5, 0.6) is 5.75 Å². The minimum atomic E-state index is -4.71. The summed E-state index contributed by atoms with van der Waals surface area (Å²) >= 11 is 0. The molecule has 1 fully saturated rings. The van der Waals surface area contributed by atoms with Gasteiger partial charge < -0.3 is 9.47 Å². The van der Waals surface area contributed by atoms with E-state index in [9.17, 15) is 17.6 Å². The lowest BCUT2D eigenvalue weighted by molar-refractivity contribution is -0.274. The van der Waals surface area contributed by atoms with E-state index in [1.807, 2.05) is 0 Å². The van der Waals surface area contributed by atoms with E-state index < -0.39 is 17.8 Å². The molecule has 1 aliphatic rings. The molecule has 0 aromatic heterocycles. The second-order valence-electron chi connectivity index (χ2n) is 5.76. The average Bonchev–Trinajstić information content (AvgIpc) is 2.55. The van der Waals surface area contributed by atoms with Crippen molar-refractivity contribution in [2.45, 2.75) is 43.6 Å². The van der Waals surface area contributed by atoms with Crippen LogP contribution in [0.2, 0.25) is 0 Å². The normalized spacial score (nSPS) is 25.2. The molecule has 2 rings (SSSR count). The lowest BCUT2D eigenvalue weighted by atomic mass is 9.75. The predicted molar refractivity (Wildman–Crippen MR) is 78.9 cm³/mol. The molecule has 0 unspecified atom stereocenters. The van der Waals surface area contributed by atoms with Crippen LogP contribution in [-0.4, -0.2) is 19.1 Å². The Kier molecular flexibility index (Phi) is 5.50. The van der Waals surface area contributed by atoms with Gasteiger partial charge in [-0.05, 0) is 55.4 Å². The number of nitrogens with zero attached hydrogens (tertiary/aromatic N) is 1. The maximum Gasteiger partial charge on any atom is 0.573 e. The third-order valence-electron chi connectivity index (χ3n) is 4.32. The minimum absolute atomic E-state index is 0.145. The summed E-state index contributed by atoms with van der Waals surface area (Å²) in [4.78, 5) is 0. The van der Waals surface area contributed by atoms with Crippen LogP contribution in [0.4, 0.5) is 17.6 Å². The van der Waals surface area contributed by atoms with Crippen LogP contribution >= 0.6 is 0 Å². The average molecular weight is 343 g/mol. The fraction of sp³-hybridized carbons (Fsp3) is 0.471. The van der Waals surface area contributed by atoms with Crippen LogP contribution in [0.15, 0.2) is 36.2 Å². The van der Waals surface area contributed by atoms with Crippen molar-refractivity contribution in [3.63, 3.8) is 0 Å². The molecule has 0 spiro atoms. The summed E-state index contributed by atoms with van der Waals surface area (Å²) in [6.45, 7) is 0. The first-order valence-corrected chi connectivity index (χ1v) is 7.46. The predicted octanol–water partition coefficient (Wildman–Crippen LogP) is 5.00. The van der Waals surface area contributed by atoms with Gasteiger partial charge in [0.25, 0.3) is 0 Å². The first-order valence-electron chi connectivity index (χ1n) is 7.46. The Hall–Kier alpha value is -2.07. The zero-order valence-corrected chi connectivity index (χ0v) is 13.1. The Morgan fingerprint density at radius 2 is 1.83 bits per heavy atom. The van der Waals surface area contributed by atoms with Gasteiger partial charge in [-0.25, -0.2) is 0 Å². The van der Waals surface area contributed by atoms with Gasteiger partial charge in [-0.15, -0.1) is 13.2 Å². The second-order valence-corrected chi connectivity index (χ2v) is 5.76. The Morgan fingerprint density at radius 1 is 1.25 bits per heavy atom. The zero-order chi connectivity index (χ0) is 17.8. The molecule has 0 amide bonds. The molecule has 0 N–H and O–H groups in total. The van der Waals surface area contributed by atoms with Crippen LogP contribution in [0.3, 0.4) is 0 Å². The van der Waals surface area contributed by atoms with Gasteiger partial charge in [0.1, 0.15) is 11.8 Å². The third kappa shape index (κ3) is 4.71. The fourth-order valence-electron chi connectivity index (χ4n) is 3.05. The van der Waals surface area contributed by atoms with E-state index in [2.05, 4.69) is 4.74 Å². The molecule has 24 heavy (non-hydrogen) atoms. The van der Waals surface area contributed by atoms with E-state index in [1.165, 1.54) is 31.4 Å². The fourth-order valence-corrected chi connectivity index (χ4v) is 3.05. The molecule has 0 aliphatic heterocycles. The number of hydrogen-bond acceptors (Lipinski definition) is 3. The number of halogens is 4. The Labute approximate surface area is 137 Å². The molecule has 7 heteroatoms. The maximum absolute atomic E-state index is 13.3. The number of nitriles is 1. The molecular weight excluding hydrogens is 326 g/mol. The van der Waals surface area contributed by atoms with Gasteiger partial charge >= 0.3 is 6.36 Å². The molecule has 1 aromatic rings. The van der Waals surface area contributed by atoms with Crippen molar-refractivity contribution in [3.8, 4) is 11.8 Å². The van der Waals surface area contributed by atoms with Crippen molar-refractivity contribution in [2.24, 2.45) is 0 Å². The number of ether oxygens (including phenoxy) is 2. The SMILES string of the molecule is COC1(C=C(F)C#N)CCC(c2ccc(OC(F)(F)F)cc2)CC1. The van der Waals surface area contributed by atoms with Gasteiger partial charge in [0, 0.05) is 7.11 Å². The number of allylic oxidation sites excluding steroid dienone is 1. The Bertz CT molecular complexity index is 623. The van der Waals surface area contributed by atoms with Crippen molar-refractivity contribution in [2.75, 3.05) is 7.11 Å². The molecule has 1 aliphatic carbocycles. The lowest BCUT2D eigenvalue weighted by Crippen LogP contribution is -2.34. The van der Waals surface area contributed by atoms with Crippen LogP contribution in [0, 0.1) is 11.3 Å². The lowest BCUT2D eigenvalue weighted by Gasteiger charge is -2.37. The standard InChI is InChI=1S/C17H17F4NO2/c1-23-16(10-14(18)11-22)8-6-13(7-9-16)12-2-4-15(5-3-12)24-17(19,20)21/h2-5,10,13H,6-9H2,1H3. The van der Waals surface area contributed by atoms with Crippen LogP contribution in [0.25, 0.3) is 0 Å². The first kappa shape index (κ1) is 18.3. The number of benzene rings is 1. The van der Waals surface area contributed by atoms with Gasteiger partial charge in [0.05, 0.1) is 5.60 Å². The van der Waals surface area contributed by atoms with Gasteiger partial charge in [-0.1, -0.05) is 12.1 Å². The molecule has 3 nitrogen and oxygen atoms in total. The molecule has 130 valence electrons. The summed E-state index contributed by atoms with van der Waals surface area (Å²) in [5.74, 6) is -0.983. The summed E-state index contributed by atoms with van der Waals surface area (Å²) in [7, 11) is 1.48. The van der Waals surface area contributed by atoms with E-state index in [0.717, 1.165) is 5.56 Å². The molecule has 0 bridgehead atoms. The number of alkyl halides is 3. The summed E-state index contributed by atoms with van der Waals surface area (Å²) in [6.07, 6.45) is -1.07. The quantitative estimate of drug-likeness (QED) is 0.570. The van der Waals surface area contributed by atoms with E-state index in [-0.39, 0.29) is 11.7 Å². The van der Waals surface area contributed by atoms with Crippen molar-refractivity contribution in [1.29, 1.82) is 5.26 Å². The van der Waals surface area contributed by atoms with E-state index in [4.69, 9.17) is 10.00 Å². The van der Waals surface area contributed by atoms with E-state index in [0.29, 0.717) is 25.7 Å². The number of hydrogen-bond donors (Lipinski definition) is 0. The zero-order valence-electron chi connectivity index (χ0n) is 13.1. The highest BCUT2D eigenvalue weighted by Crippen LogP contribution is 2.41. The van der Waals surface area contributed by atoms with Crippen LogP contribution in [0.1, 0.15) is 37.2 Å². The van der Waals surface area contributed by atoms with Crippen molar-refractivity contribution < 1.29 is 27.0 Å². The first-order chi connectivity index (χ1) is 11.3. The summed E-state index contributed by atoms with van der Waals surface area (Å²) in [5.41, 5.74) is 0.106.